The number of nitrogen functional groups attached to an aromatic ring is 1. The lowest BCUT2D eigenvalue weighted by atomic mass is 9.81. The van der Waals surface area contributed by atoms with Crippen LogP contribution in [0.15, 0.2) is 18.2 Å². The van der Waals surface area contributed by atoms with Gasteiger partial charge in [-0.3, -0.25) is 4.79 Å². The van der Waals surface area contributed by atoms with Crippen LogP contribution in [0.5, 0.6) is 0 Å². The Kier molecular flexibility index (Phi) is 5.38. The minimum atomic E-state index is -0.106. The van der Waals surface area contributed by atoms with E-state index >= 15 is 0 Å². The Morgan fingerprint density at radius 1 is 1.32 bits per heavy atom. The van der Waals surface area contributed by atoms with E-state index in [9.17, 15) is 4.79 Å². The molecule has 22 heavy (non-hydrogen) atoms. The molecule has 0 heterocycles. The van der Waals surface area contributed by atoms with Crippen LogP contribution in [0.1, 0.15) is 69.0 Å². The molecule has 1 atom stereocenters. The topological polar surface area (TPSA) is 55.1 Å². The van der Waals surface area contributed by atoms with Gasteiger partial charge in [0.05, 0.1) is 6.04 Å². The molecule has 0 radical (unpaired) electrons. The van der Waals surface area contributed by atoms with Crippen molar-refractivity contribution in [2.45, 2.75) is 64.3 Å². The van der Waals surface area contributed by atoms with Crippen LogP contribution in [-0.2, 0) is 11.2 Å². The highest BCUT2D eigenvalue weighted by atomic mass is 35.5. The molecule has 1 aromatic carbocycles. The van der Waals surface area contributed by atoms with E-state index in [1.807, 2.05) is 6.07 Å². The third-order valence-electron chi connectivity index (χ3n) is 5.51. The Hall–Kier alpha value is -1.22. The van der Waals surface area contributed by atoms with Gasteiger partial charge in [-0.2, -0.15) is 0 Å². The highest BCUT2D eigenvalue weighted by Crippen LogP contribution is 2.42. The molecule has 1 saturated carbocycles. The highest BCUT2D eigenvalue weighted by molar-refractivity contribution is 5.85. The van der Waals surface area contributed by atoms with Gasteiger partial charge < -0.3 is 11.1 Å². The number of halogens is 1. The molecule has 1 unspecified atom stereocenters. The van der Waals surface area contributed by atoms with Crippen LogP contribution >= 0.6 is 12.4 Å². The summed E-state index contributed by atoms with van der Waals surface area (Å²) in [6, 6.07) is 6.29. The lowest BCUT2D eigenvalue weighted by Gasteiger charge is -2.32. The van der Waals surface area contributed by atoms with Gasteiger partial charge in [0, 0.05) is 11.1 Å². The van der Waals surface area contributed by atoms with Gasteiger partial charge in [-0.05, 0) is 61.8 Å². The number of benzene rings is 1. The fourth-order valence-electron chi connectivity index (χ4n) is 4.09. The fourth-order valence-corrected chi connectivity index (χ4v) is 4.09. The number of hydrogen-bond donors (Lipinski definition) is 2. The summed E-state index contributed by atoms with van der Waals surface area (Å²) in [6.07, 6.45) is 8.69. The van der Waals surface area contributed by atoms with Gasteiger partial charge in [0.25, 0.3) is 0 Å². The van der Waals surface area contributed by atoms with Crippen molar-refractivity contribution in [3.05, 3.63) is 29.3 Å². The average Bonchev–Trinajstić information content (AvgIpc) is 2.97. The molecule has 0 saturated heterocycles. The van der Waals surface area contributed by atoms with E-state index in [1.165, 1.54) is 24.0 Å². The van der Waals surface area contributed by atoms with Gasteiger partial charge in [-0.25, -0.2) is 0 Å². The summed E-state index contributed by atoms with van der Waals surface area (Å²) in [5, 5.41) is 3.35. The lowest BCUT2D eigenvalue weighted by Crippen LogP contribution is -2.41. The second-order valence-corrected chi connectivity index (χ2v) is 6.72. The first-order valence-electron chi connectivity index (χ1n) is 8.34. The molecule has 0 aliphatic heterocycles. The van der Waals surface area contributed by atoms with Gasteiger partial charge >= 0.3 is 0 Å². The molecule has 3 nitrogen and oxygen atoms in total. The first-order chi connectivity index (χ1) is 10.1. The van der Waals surface area contributed by atoms with Gasteiger partial charge in [-0.15, -0.1) is 12.4 Å². The third-order valence-corrected chi connectivity index (χ3v) is 5.51. The van der Waals surface area contributed by atoms with E-state index < -0.39 is 0 Å². The summed E-state index contributed by atoms with van der Waals surface area (Å²) in [5.41, 5.74) is 9.18. The number of hydrogen-bond acceptors (Lipinski definition) is 2. The van der Waals surface area contributed by atoms with Crippen LogP contribution in [0.4, 0.5) is 5.69 Å². The van der Waals surface area contributed by atoms with E-state index in [0.29, 0.717) is 0 Å². The smallest absolute Gasteiger partial charge is 0.226 e. The fraction of sp³-hybridized carbons (Fsp3) is 0.611. The van der Waals surface area contributed by atoms with Crippen molar-refractivity contribution in [3.63, 3.8) is 0 Å². The van der Waals surface area contributed by atoms with Gasteiger partial charge in [0.1, 0.15) is 0 Å². The second-order valence-electron chi connectivity index (χ2n) is 6.72. The summed E-state index contributed by atoms with van der Waals surface area (Å²) < 4.78 is 0. The Morgan fingerprint density at radius 2 is 2.05 bits per heavy atom. The van der Waals surface area contributed by atoms with Crippen molar-refractivity contribution < 1.29 is 4.79 Å². The van der Waals surface area contributed by atoms with E-state index in [1.54, 1.807) is 0 Å². The molecule has 0 bridgehead atoms. The molecule has 122 valence electrons. The molecule has 1 aromatic rings. The molecule has 2 aliphatic carbocycles. The van der Waals surface area contributed by atoms with Crippen molar-refractivity contribution in [2.75, 3.05) is 5.73 Å². The van der Waals surface area contributed by atoms with Crippen LogP contribution < -0.4 is 11.1 Å². The zero-order valence-electron chi connectivity index (χ0n) is 13.4. The first kappa shape index (κ1) is 17.1. The number of nitrogens with two attached hydrogens (primary N) is 1. The molecule has 0 spiro atoms. The van der Waals surface area contributed by atoms with Crippen LogP contribution in [0.2, 0.25) is 0 Å². The summed E-state index contributed by atoms with van der Waals surface area (Å²) in [4.78, 5) is 12.8. The molecule has 4 heteroatoms. The summed E-state index contributed by atoms with van der Waals surface area (Å²) in [7, 11) is 0. The van der Waals surface area contributed by atoms with Crippen LogP contribution in [-0.4, -0.2) is 5.91 Å². The Labute approximate surface area is 139 Å². The molecular weight excluding hydrogens is 296 g/mol. The Balaban J connectivity index is 0.00000176. The third kappa shape index (κ3) is 3.10. The Bertz CT molecular complexity index is 538. The summed E-state index contributed by atoms with van der Waals surface area (Å²) in [5.74, 6) is 0.275. The number of fused-ring (bicyclic) bond motifs is 1. The number of carbonyl (C=O) groups is 1. The normalized spacial score (nSPS) is 22.5. The number of aryl methyl sites for hydroxylation is 1. The maximum atomic E-state index is 12.8. The van der Waals surface area contributed by atoms with Crippen molar-refractivity contribution in [2.24, 2.45) is 5.41 Å². The average molecular weight is 323 g/mol. The van der Waals surface area contributed by atoms with E-state index in [2.05, 4.69) is 24.4 Å². The highest BCUT2D eigenvalue weighted by Gasteiger charge is 2.40. The second kappa shape index (κ2) is 6.91. The maximum absolute atomic E-state index is 12.8. The summed E-state index contributed by atoms with van der Waals surface area (Å²) in [6.45, 7) is 2.15. The number of anilines is 1. The minimum Gasteiger partial charge on any atom is -0.399 e. The number of nitrogens with one attached hydrogen (secondary N) is 1. The first-order valence-corrected chi connectivity index (χ1v) is 8.34. The minimum absolute atomic E-state index is 0. The standard InChI is InChI=1S/C18H26N2O.ClH/c1-2-18(10-3-4-11-18)17(21)20-16-7-5-6-13-12-14(19)8-9-15(13)16;/h8-9,12,16H,2-7,10-11,19H2,1H3,(H,20,21);1H. The molecule has 1 amide bonds. The predicted octanol–water partition coefficient (Wildman–Crippen LogP) is 4.15. The zero-order valence-corrected chi connectivity index (χ0v) is 14.2. The monoisotopic (exact) mass is 322 g/mol. The molecule has 0 aromatic heterocycles. The van der Waals surface area contributed by atoms with Gasteiger partial charge in [0.2, 0.25) is 5.91 Å². The predicted molar refractivity (Wildman–Crippen MR) is 93.1 cm³/mol. The molecule has 3 rings (SSSR count). The quantitative estimate of drug-likeness (QED) is 0.821. The summed E-state index contributed by atoms with van der Waals surface area (Å²) >= 11 is 0. The SMILES string of the molecule is CCC1(C(=O)NC2CCCc3cc(N)ccc32)CCCC1.Cl. The van der Waals surface area contributed by atoms with Crippen molar-refractivity contribution in [1.29, 1.82) is 0 Å². The molecule has 1 fully saturated rings. The van der Waals surface area contributed by atoms with Crippen LogP contribution in [0.3, 0.4) is 0 Å². The van der Waals surface area contributed by atoms with Crippen molar-refractivity contribution >= 4 is 24.0 Å². The molecule has 2 aliphatic rings. The lowest BCUT2D eigenvalue weighted by molar-refractivity contribution is -0.132. The van der Waals surface area contributed by atoms with Crippen molar-refractivity contribution in [3.8, 4) is 0 Å². The van der Waals surface area contributed by atoms with E-state index in [0.717, 1.165) is 44.2 Å². The number of amides is 1. The zero-order chi connectivity index (χ0) is 14.9. The molecular formula is C18H27ClN2O. The van der Waals surface area contributed by atoms with E-state index in [-0.39, 0.29) is 29.8 Å². The number of rotatable bonds is 3. The number of carbonyl (C=O) groups excluding carboxylic acids is 1. The largest absolute Gasteiger partial charge is 0.399 e. The maximum Gasteiger partial charge on any atom is 0.226 e. The van der Waals surface area contributed by atoms with Gasteiger partial charge in [0.15, 0.2) is 0 Å². The van der Waals surface area contributed by atoms with E-state index in [4.69, 9.17) is 5.73 Å². The van der Waals surface area contributed by atoms with Crippen LogP contribution in [0.25, 0.3) is 0 Å². The van der Waals surface area contributed by atoms with Crippen molar-refractivity contribution in [1.82, 2.24) is 5.32 Å². The molecule has 3 N–H and O–H groups in total. The van der Waals surface area contributed by atoms with Crippen LogP contribution in [0, 0.1) is 5.41 Å². The van der Waals surface area contributed by atoms with Gasteiger partial charge in [-0.1, -0.05) is 25.8 Å². The Morgan fingerprint density at radius 3 is 2.73 bits per heavy atom.